The number of hydrogen-bond donors (Lipinski definition) is 6. The van der Waals surface area contributed by atoms with Gasteiger partial charge in [-0.15, -0.1) is 0 Å². The average Bonchev–Trinajstić information content (AvgIpc) is 3.47. The van der Waals surface area contributed by atoms with Crippen molar-refractivity contribution in [1.82, 2.24) is 26.6 Å². The molecule has 2 aliphatic heterocycles. The lowest BCUT2D eigenvalue weighted by Gasteiger charge is -2.16. The lowest BCUT2D eigenvalue weighted by molar-refractivity contribution is -0.142. The van der Waals surface area contributed by atoms with Gasteiger partial charge < -0.3 is 36.5 Å². The van der Waals surface area contributed by atoms with Crippen LogP contribution in [0.5, 0.6) is 0 Å². The number of thioether (sulfide) groups is 1. The number of fused-ring (bicyclic) bond motifs is 1. The molecule has 12 nitrogen and oxygen atoms in total. The quantitative estimate of drug-likeness (QED) is 0.0631. The number of carbonyl (C=O) groups excluding carboxylic acids is 5. The van der Waals surface area contributed by atoms with E-state index in [1.807, 2.05) is 11.8 Å². The summed E-state index contributed by atoms with van der Waals surface area (Å²) >= 11 is 1.89. The first-order chi connectivity index (χ1) is 19.3. The van der Waals surface area contributed by atoms with E-state index in [1.165, 1.54) is 0 Å². The van der Waals surface area contributed by atoms with Crippen LogP contribution < -0.4 is 26.6 Å². The van der Waals surface area contributed by atoms with Crippen molar-refractivity contribution in [3.8, 4) is 0 Å². The largest absolute Gasteiger partial charge is 0.480 e. The number of carboxylic acids is 1. The van der Waals surface area contributed by atoms with Crippen molar-refractivity contribution < 1.29 is 33.9 Å². The lowest BCUT2D eigenvalue weighted by atomic mass is 10.0. The van der Waals surface area contributed by atoms with Crippen LogP contribution >= 0.6 is 11.8 Å². The van der Waals surface area contributed by atoms with Crippen LogP contribution in [0.25, 0.3) is 0 Å². The first-order valence-corrected chi connectivity index (χ1v) is 15.5. The summed E-state index contributed by atoms with van der Waals surface area (Å²) in [5.74, 6) is -0.511. The van der Waals surface area contributed by atoms with Crippen LogP contribution in [-0.4, -0.2) is 83.3 Å². The second-order valence-electron chi connectivity index (χ2n) is 10.4. The summed E-state index contributed by atoms with van der Waals surface area (Å²) in [5.41, 5.74) is 0. The minimum absolute atomic E-state index is 0.0130. The summed E-state index contributed by atoms with van der Waals surface area (Å²) in [4.78, 5) is 68.8. The number of carbonyl (C=O) groups is 6. The highest BCUT2D eigenvalue weighted by atomic mass is 32.2. The molecule has 4 atom stereocenters. The van der Waals surface area contributed by atoms with Crippen molar-refractivity contribution in [2.75, 3.05) is 18.8 Å². The van der Waals surface area contributed by atoms with Gasteiger partial charge in [-0.3, -0.25) is 14.4 Å². The molecule has 226 valence electrons. The maximum Gasteiger partial charge on any atom is 0.326 e. The van der Waals surface area contributed by atoms with Gasteiger partial charge in [-0.25, -0.2) is 9.59 Å². The summed E-state index contributed by atoms with van der Waals surface area (Å²) in [6, 6.07) is -0.675. The molecule has 0 aromatic rings. The Hall–Kier alpha value is -2.83. The summed E-state index contributed by atoms with van der Waals surface area (Å²) < 4.78 is 0. The molecule has 3 unspecified atom stereocenters. The average molecular weight is 584 g/mol. The molecule has 0 aromatic heterocycles. The zero-order chi connectivity index (χ0) is 29.2. The minimum atomic E-state index is -1.15. The highest BCUT2D eigenvalue weighted by molar-refractivity contribution is 8.00. The molecule has 2 aliphatic rings. The third kappa shape index (κ3) is 13.5. The smallest absolute Gasteiger partial charge is 0.326 e. The molecule has 13 heteroatoms. The van der Waals surface area contributed by atoms with Gasteiger partial charge in [-0.1, -0.05) is 19.3 Å². The van der Waals surface area contributed by atoms with Crippen molar-refractivity contribution >= 4 is 47.8 Å². The zero-order valence-electron chi connectivity index (χ0n) is 23.2. The van der Waals surface area contributed by atoms with Crippen LogP contribution in [-0.2, 0) is 24.0 Å². The van der Waals surface area contributed by atoms with E-state index >= 15 is 0 Å². The van der Waals surface area contributed by atoms with Crippen LogP contribution in [0.1, 0.15) is 89.9 Å². The van der Waals surface area contributed by atoms with E-state index in [2.05, 4.69) is 26.6 Å². The van der Waals surface area contributed by atoms with Gasteiger partial charge in [-0.05, 0) is 44.9 Å². The van der Waals surface area contributed by atoms with Crippen molar-refractivity contribution in [3.05, 3.63) is 0 Å². The molecule has 0 spiro atoms. The zero-order valence-corrected chi connectivity index (χ0v) is 24.0. The van der Waals surface area contributed by atoms with Gasteiger partial charge in [0, 0.05) is 49.8 Å². The number of rotatable bonds is 22. The highest BCUT2D eigenvalue weighted by Crippen LogP contribution is 2.33. The summed E-state index contributed by atoms with van der Waals surface area (Å²) in [5, 5.41) is 23.7. The molecule has 2 fully saturated rings. The Kier molecular flexibility index (Phi) is 16.1. The Balaban J connectivity index is 1.36. The van der Waals surface area contributed by atoms with E-state index < -0.39 is 12.0 Å². The minimum Gasteiger partial charge on any atom is -0.480 e. The number of hydrogen-bond acceptors (Lipinski definition) is 7. The number of unbranched alkanes of at least 4 members (excludes halogenated alkanes) is 5. The van der Waals surface area contributed by atoms with Crippen molar-refractivity contribution in [2.24, 2.45) is 0 Å². The first kappa shape index (κ1) is 33.4. The Labute approximate surface area is 240 Å². The molecule has 5 amide bonds. The number of carboxylic acid groups (broad SMARTS) is 1. The highest BCUT2D eigenvalue weighted by Gasteiger charge is 2.42. The Morgan fingerprint density at radius 3 is 2.08 bits per heavy atom. The SMILES string of the molecule is O=CCC[C@H](NC(=O)CCCCCNC(=O)CCCCCNC(=O)CCCCC1SCC2NC(=O)NC21)C(=O)O. The van der Waals surface area contributed by atoms with E-state index in [1.54, 1.807) is 0 Å². The Morgan fingerprint density at radius 2 is 1.48 bits per heavy atom. The number of aldehydes is 1. The van der Waals surface area contributed by atoms with Gasteiger partial charge in [0.05, 0.1) is 12.1 Å². The van der Waals surface area contributed by atoms with Gasteiger partial charge >= 0.3 is 12.0 Å². The number of nitrogens with one attached hydrogen (secondary N) is 5. The maximum absolute atomic E-state index is 12.0. The fourth-order valence-corrected chi connectivity index (χ4v) is 6.38. The van der Waals surface area contributed by atoms with Crippen molar-refractivity contribution in [2.45, 2.75) is 113 Å². The Bertz CT molecular complexity index is 859. The number of aliphatic carboxylic acids is 1. The van der Waals surface area contributed by atoms with E-state index in [-0.39, 0.29) is 55.1 Å². The second kappa shape index (κ2) is 19.3. The first-order valence-electron chi connectivity index (χ1n) is 14.5. The molecule has 0 aliphatic carbocycles. The molecule has 0 saturated carbocycles. The monoisotopic (exact) mass is 583 g/mol. The van der Waals surface area contributed by atoms with Gasteiger partial charge in [0.15, 0.2) is 0 Å². The molecule has 2 saturated heterocycles. The van der Waals surface area contributed by atoms with Crippen LogP contribution in [0.4, 0.5) is 4.79 Å². The fourth-order valence-electron chi connectivity index (χ4n) is 4.84. The molecule has 6 N–H and O–H groups in total. The van der Waals surface area contributed by atoms with E-state index in [9.17, 15) is 28.8 Å². The van der Waals surface area contributed by atoms with Crippen LogP contribution in [0.15, 0.2) is 0 Å². The maximum atomic E-state index is 12.0. The van der Waals surface area contributed by atoms with Gasteiger partial charge in [-0.2, -0.15) is 11.8 Å². The third-order valence-corrected chi connectivity index (χ3v) is 8.60. The van der Waals surface area contributed by atoms with E-state index in [0.717, 1.165) is 57.1 Å². The van der Waals surface area contributed by atoms with Gasteiger partial charge in [0.1, 0.15) is 12.3 Å². The summed E-state index contributed by atoms with van der Waals surface area (Å²) in [6.07, 6.45) is 9.22. The van der Waals surface area contributed by atoms with Gasteiger partial charge in [0.25, 0.3) is 0 Å². The molecule has 0 radical (unpaired) electrons. The normalized spacial score (nSPS) is 20.1. The standard InChI is InChI=1S/C27H45N5O7S/c33-17-9-10-19(26(37)38)30-24(36)14-4-2-8-16-28-22(34)12-3-1-7-15-29-23(35)13-6-5-11-21-25-20(18-40-21)31-27(39)32-25/h17,19-21,25H,1-16,18H2,(H,28,34)(H,29,35)(H,30,36)(H,37,38)(H2,31,32,39)/t19-,20?,21?,25?/m0/s1. The third-order valence-electron chi connectivity index (χ3n) is 7.09. The summed E-state index contributed by atoms with van der Waals surface area (Å²) in [7, 11) is 0. The second-order valence-corrected chi connectivity index (χ2v) is 11.7. The van der Waals surface area contributed by atoms with Gasteiger partial charge in [0.2, 0.25) is 17.7 Å². The number of amides is 5. The number of urea groups is 1. The fraction of sp³-hybridized carbons (Fsp3) is 0.778. The molecular formula is C27H45N5O7S. The van der Waals surface area contributed by atoms with Crippen LogP contribution in [0.2, 0.25) is 0 Å². The molecule has 40 heavy (non-hydrogen) atoms. The molecule has 0 bridgehead atoms. The predicted octanol–water partition coefficient (Wildman–Crippen LogP) is 1.61. The molecule has 2 rings (SSSR count). The topological polar surface area (TPSA) is 183 Å². The molecule has 0 aromatic carbocycles. The Morgan fingerprint density at radius 1 is 0.875 bits per heavy atom. The predicted molar refractivity (Wildman–Crippen MR) is 152 cm³/mol. The van der Waals surface area contributed by atoms with E-state index in [0.29, 0.717) is 43.9 Å². The van der Waals surface area contributed by atoms with Crippen LogP contribution in [0.3, 0.4) is 0 Å². The van der Waals surface area contributed by atoms with Crippen LogP contribution in [0, 0.1) is 0 Å². The molecular weight excluding hydrogens is 538 g/mol. The summed E-state index contributed by atoms with van der Waals surface area (Å²) in [6.45, 7) is 1.14. The van der Waals surface area contributed by atoms with Crippen molar-refractivity contribution in [1.29, 1.82) is 0 Å². The lowest BCUT2D eigenvalue weighted by Crippen LogP contribution is -2.40. The molecule has 2 heterocycles. The van der Waals surface area contributed by atoms with Crippen molar-refractivity contribution in [3.63, 3.8) is 0 Å². The van der Waals surface area contributed by atoms with E-state index in [4.69, 9.17) is 5.11 Å².